The van der Waals surface area contributed by atoms with Gasteiger partial charge < -0.3 is 11.1 Å². The average Bonchev–Trinajstić information content (AvgIpc) is 2.58. The van der Waals surface area contributed by atoms with Crippen molar-refractivity contribution in [2.45, 2.75) is 50.5 Å². The van der Waals surface area contributed by atoms with Gasteiger partial charge in [0.15, 0.2) is 5.82 Å². The van der Waals surface area contributed by atoms with Crippen LogP contribution >= 0.6 is 23.3 Å². The van der Waals surface area contributed by atoms with E-state index >= 15 is 0 Å². The number of anilines is 2. The van der Waals surface area contributed by atoms with Crippen LogP contribution in [0.4, 0.5) is 10.8 Å². The molecule has 0 saturated heterocycles. The van der Waals surface area contributed by atoms with Gasteiger partial charge in [0.25, 0.3) is 0 Å². The van der Waals surface area contributed by atoms with Crippen molar-refractivity contribution < 1.29 is 0 Å². The third-order valence-electron chi connectivity index (χ3n) is 3.42. The van der Waals surface area contributed by atoms with Gasteiger partial charge in [0, 0.05) is 6.04 Å². The van der Waals surface area contributed by atoms with Crippen LogP contribution in [0.15, 0.2) is 4.90 Å². The highest BCUT2D eigenvalue weighted by atomic mass is 32.2. The highest BCUT2D eigenvalue weighted by molar-refractivity contribution is 7.99. The molecule has 0 amide bonds. The molecule has 0 spiro atoms. The molecule has 17 heavy (non-hydrogen) atoms. The maximum atomic E-state index is 5.85. The number of nitrogens with two attached hydrogens (primary N) is 1. The lowest BCUT2D eigenvalue weighted by atomic mass is 9.75. The molecule has 1 heterocycles. The molecule has 0 aliphatic heterocycles. The Morgan fingerprint density at radius 3 is 2.94 bits per heavy atom. The van der Waals surface area contributed by atoms with Gasteiger partial charge in [0.1, 0.15) is 5.00 Å². The van der Waals surface area contributed by atoms with E-state index in [0.29, 0.717) is 17.3 Å². The Morgan fingerprint density at radius 2 is 2.29 bits per heavy atom. The van der Waals surface area contributed by atoms with E-state index in [9.17, 15) is 0 Å². The number of rotatable bonds is 3. The average molecular weight is 271 g/mol. The molecular formula is C12H21N3S2. The number of nitrogen functional groups attached to an aromatic ring is 1. The van der Waals surface area contributed by atoms with Crippen LogP contribution in [-0.4, -0.2) is 16.7 Å². The van der Waals surface area contributed by atoms with Gasteiger partial charge in [0.2, 0.25) is 0 Å². The molecule has 1 atom stereocenters. The van der Waals surface area contributed by atoms with Crippen molar-refractivity contribution >= 4 is 34.1 Å². The molecule has 96 valence electrons. The molecule has 1 saturated carbocycles. The first-order chi connectivity index (χ1) is 8.02. The Morgan fingerprint density at radius 1 is 1.53 bits per heavy atom. The number of thioether (sulfide) groups is 1. The molecular weight excluding hydrogens is 250 g/mol. The van der Waals surface area contributed by atoms with Crippen molar-refractivity contribution in [2.75, 3.05) is 17.3 Å². The summed E-state index contributed by atoms with van der Waals surface area (Å²) in [6, 6.07) is 0.574. The molecule has 3 N–H and O–H groups in total. The van der Waals surface area contributed by atoms with Crippen LogP contribution in [-0.2, 0) is 0 Å². The summed E-state index contributed by atoms with van der Waals surface area (Å²) in [5.41, 5.74) is 6.31. The summed E-state index contributed by atoms with van der Waals surface area (Å²) < 4.78 is 4.23. The van der Waals surface area contributed by atoms with Crippen LogP contribution < -0.4 is 11.1 Å². The second-order valence-electron chi connectivity index (χ2n) is 5.53. The smallest absolute Gasteiger partial charge is 0.153 e. The molecule has 0 bridgehead atoms. The van der Waals surface area contributed by atoms with Gasteiger partial charge in [0.05, 0.1) is 4.90 Å². The third-order valence-corrected chi connectivity index (χ3v) is 5.16. The normalized spacial score (nSPS) is 23.6. The first-order valence-corrected chi connectivity index (χ1v) is 8.07. The number of hydrogen-bond acceptors (Lipinski definition) is 5. The predicted molar refractivity (Wildman–Crippen MR) is 78.0 cm³/mol. The van der Waals surface area contributed by atoms with Crippen LogP contribution in [0.25, 0.3) is 0 Å². The first-order valence-electron chi connectivity index (χ1n) is 6.07. The number of aromatic nitrogens is 1. The van der Waals surface area contributed by atoms with Crippen molar-refractivity contribution in [1.82, 2.24) is 4.37 Å². The fourth-order valence-electron chi connectivity index (χ4n) is 2.59. The maximum Gasteiger partial charge on any atom is 0.153 e. The topological polar surface area (TPSA) is 50.9 Å². The second kappa shape index (κ2) is 5.06. The number of nitrogens with one attached hydrogen (secondary N) is 1. The lowest BCUT2D eigenvalue weighted by Gasteiger charge is -2.35. The minimum atomic E-state index is 0.464. The predicted octanol–water partition coefficient (Wildman–Crippen LogP) is 3.83. The molecule has 1 aliphatic rings. The summed E-state index contributed by atoms with van der Waals surface area (Å²) >= 11 is 3.17. The first kappa shape index (κ1) is 13.0. The Labute approximate surface area is 112 Å². The van der Waals surface area contributed by atoms with E-state index in [1.165, 1.54) is 37.2 Å². The third kappa shape index (κ3) is 3.07. The van der Waals surface area contributed by atoms with Gasteiger partial charge in [-0.3, -0.25) is 0 Å². The van der Waals surface area contributed by atoms with Crippen LogP contribution in [0.5, 0.6) is 0 Å². The van der Waals surface area contributed by atoms with Crippen LogP contribution in [0.2, 0.25) is 0 Å². The molecule has 1 aliphatic carbocycles. The van der Waals surface area contributed by atoms with E-state index in [1.54, 1.807) is 11.8 Å². The molecule has 0 aromatic carbocycles. The highest BCUT2D eigenvalue weighted by Gasteiger charge is 2.28. The summed E-state index contributed by atoms with van der Waals surface area (Å²) in [5, 5.41) is 4.78. The zero-order chi connectivity index (χ0) is 12.5. The maximum absolute atomic E-state index is 5.85. The SMILES string of the molecule is CSc1c(N)nsc1NC1CCCC(C)(C)C1. The summed E-state index contributed by atoms with van der Waals surface area (Å²) in [5.74, 6) is 0.667. The van der Waals surface area contributed by atoms with Gasteiger partial charge in [-0.25, -0.2) is 0 Å². The van der Waals surface area contributed by atoms with Gasteiger partial charge in [-0.1, -0.05) is 20.3 Å². The van der Waals surface area contributed by atoms with Crippen molar-refractivity contribution in [3.05, 3.63) is 0 Å². The molecule has 1 aromatic heterocycles. The second-order valence-corrected chi connectivity index (χ2v) is 7.12. The summed E-state index contributed by atoms with van der Waals surface area (Å²) in [6.07, 6.45) is 7.20. The standard InChI is InChI=1S/C12H21N3S2/c1-12(2)6-4-5-8(7-12)14-11-9(16-3)10(13)15-17-11/h8,14H,4-7H2,1-3H3,(H2,13,15). The molecule has 3 nitrogen and oxygen atoms in total. The molecule has 2 rings (SSSR count). The highest BCUT2D eigenvalue weighted by Crippen LogP contribution is 2.40. The van der Waals surface area contributed by atoms with Crippen LogP contribution in [0, 0.1) is 5.41 Å². The largest absolute Gasteiger partial charge is 0.382 e. The lowest BCUT2D eigenvalue weighted by molar-refractivity contribution is 0.229. The molecule has 1 unspecified atom stereocenters. The molecule has 0 radical (unpaired) electrons. The summed E-state index contributed by atoms with van der Waals surface area (Å²) in [7, 11) is 0. The minimum absolute atomic E-state index is 0.464. The van der Waals surface area contributed by atoms with Crippen LogP contribution in [0.1, 0.15) is 39.5 Å². The van der Waals surface area contributed by atoms with Crippen molar-refractivity contribution in [3.8, 4) is 0 Å². The van der Waals surface area contributed by atoms with Crippen LogP contribution in [0.3, 0.4) is 0 Å². The van der Waals surface area contributed by atoms with Gasteiger partial charge in [-0.2, -0.15) is 4.37 Å². The minimum Gasteiger partial charge on any atom is -0.382 e. The fraction of sp³-hybridized carbons (Fsp3) is 0.750. The Bertz CT molecular complexity index is 387. The molecule has 1 fully saturated rings. The zero-order valence-corrected chi connectivity index (χ0v) is 12.4. The van der Waals surface area contributed by atoms with Crippen molar-refractivity contribution in [2.24, 2.45) is 5.41 Å². The van der Waals surface area contributed by atoms with Gasteiger partial charge in [-0.15, -0.1) is 11.8 Å². The van der Waals surface area contributed by atoms with Gasteiger partial charge >= 0.3 is 0 Å². The lowest BCUT2D eigenvalue weighted by Crippen LogP contribution is -2.31. The Kier molecular flexibility index (Phi) is 3.88. The van der Waals surface area contributed by atoms with Crippen molar-refractivity contribution in [3.63, 3.8) is 0 Å². The Balaban J connectivity index is 2.05. The molecule has 5 heteroatoms. The number of hydrogen-bond donors (Lipinski definition) is 2. The summed E-state index contributed by atoms with van der Waals surface area (Å²) in [6.45, 7) is 4.72. The van der Waals surface area contributed by atoms with Gasteiger partial charge in [-0.05, 0) is 42.5 Å². The Hall–Kier alpha value is -0.420. The van der Waals surface area contributed by atoms with E-state index in [2.05, 4.69) is 29.8 Å². The summed E-state index contributed by atoms with van der Waals surface area (Å²) in [4.78, 5) is 1.11. The van der Waals surface area contributed by atoms with E-state index in [-0.39, 0.29) is 0 Å². The fourth-order valence-corrected chi connectivity index (χ4v) is 4.20. The zero-order valence-electron chi connectivity index (χ0n) is 10.7. The quantitative estimate of drug-likeness (QED) is 0.820. The number of nitrogens with zero attached hydrogens (tertiary/aromatic N) is 1. The molecule has 1 aromatic rings. The van der Waals surface area contributed by atoms with E-state index in [4.69, 9.17) is 5.73 Å². The van der Waals surface area contributed by atoms with E-state index in [1.807, 2.05) is 0 Å². The van der Waals surface area contributed by atoms with Crippen molar-refractivity contribution in [1.29, 1.82) is 0 Å². The monoisotopic (exact) mass is 271 g/mol. The van der Waals surface area contributed by atoms with E-state index < -0.39 is 0 Å². The van der Waals surface area contributed by atoms with E-state index in [0.717, 1.165) is 9.90 Å².